The van der Waals surface area contributed by atoms with Crippen molar-refractivity contribution in [3.05, 3.63) is 40.9 Å². The van der Waals surface area contributed by atoms with E-state index < -0.39 is 0 Å². The van der Waals surface area contributed by atoms with Gasteiger partial charge in [-0.05, 0) is 24.3 Å². The van der Waals surface area contributed by atoms with Crippen LogP contribution in [0.15, 0.2) is 35.4 Å². The average molecular weight is 341 g/mol. The van der Waals surface area contributed by atoms with Crippen LogP contribution >= 0.6 is 0 Å². The topological polar surface area (TPSA) is 115 Å². The van der Waals surface area contributed by atoms with E-state index in [1.165, 1.54) is 17.0 Å². The van der Waals surface area contributed by atoms with Crippen molar-refractivity contribution in [1.82, 2.24) is 14.5 Å². The molecule has 8 heteroatoms. The van der Waals surface area contributed by atoms with Crippen molar-refractivity contribution in [3.63, 3.8) is 0 Å². The predicted octanol–water partition coefficient (Wildman–Crippen LogP) is 1.34. The Balaban J connectivity index is 2.19. The van der Waals surface area contributed by atoms with E-state index in [9.17, 15) is 9.90 Å². The fourth-order valence-electron chi connectivity index (χ4n) is 2.48. The Hall–Kier alpha value is -3.13. The second kappa shape index (κ2) is 6.78. The molecule has 0 bridgehead atoms. The van der Waals surface area contributed by atoms with Crippen LogP contribution in [-0.2, 0) is 11.8 Å². The summed E-state index contributed by atoms with van der Waals surface area (Å²) in [5.74, 6) is 0.444. The van der Waals surface area contributed by atoms with E-state index >= 15 is 0 Å². The number of aryl methyl sites for hydroxylation is 1. The van der Waals surface area contributed by atoms with Gasteiger partial charge in [0, 0.05) is 26.3 Å². The first-order chi connectivity index (χ1) is 12.0. The molecule has 1 aromatic carbocycles. The lowest BCUT2D eigenvalue weighted by atomic mass is 10.1. The number of nitrogen functional groups attached to an aromatic ring is 1. The first kappa shape index (κ1) is 16.7. The Labute approximate surface area is 143 Å². The Kier molecular flexibility index (Phi) is 4.53. The second-order valence-electron chi connectivity index (χ2n) is 5.60. The van der Waals surface area contributed by atoms with Gasteiger partial charge in [0.1, 0.15) is 17.0 Å². The molecular weight excluding hydrogens is 322 g/mol. The minimum Gasteiger partial charge on any atom is -0.506 e. The van der Waals surface area contributed by atoms with Gasteiger partial charge in [-0.2, -0.15) is 0 Å². The number of anilines is 2. The van der Waals surface area contributed by atoms with Gasteiger partial charge in [0.2, 0.25) is 0 Å². The number of pyridine rings is 1. The molecule has 0 spiro atoms. The van der Waals surface area contributed by atoms with E-state index in [4.69, 9.17) is 10.5 Å². The number of aromatic nitrogens is 3. The summed E-state index contributed by atoms with van der Waals surface area (Å²) in [7, 11) is 3.24. The predicted molar refractivity (Wildman–Crippen MR) is 96.7 cm³/mol. The van der Waals surface area contributed by atoms with Crippen LogP contribution < -0.4 is 16.6 Å². The molecule has 0 fully saturated rings. The number of nitrogens with zero attached hydrogens (tertiary/aromatic N) is 3. The fraction of sp³-hybridized carbons (Fsp3) is 0.235. The molecule has 0 atom stereocenters. The van der Waals surface area contributed by atoms with Crippen LogP contribution in [0.25, 0.3) is 22.2 Å². The number of hydrogen-bond acceptors (Lipinski definition) is 7. The van der Waals surface area contributed by atoms with Gasteiger partial charge in [-0.25, -0.2) is 9.97 Å². The third kappa shape index (κ3) is 3.24. The number of fused-ring (bicyclic) bond motifs is 1. The quantitative estimate of drug-likeness (QED) is 0.364. The summed E-state index contributed by atoms with van der Waals surface area (Å²) in [5, 5.41) is 13.1. The van der Waals surface area contributed by atoms with Crippen molar-refractivity contribution in [2.24, 2.45) is 7.05 Å². The SMILES string of the molecule is COCCNc1nc(-c2ccc(O)c(N)c2)cc2ncn(C)c(=O)c12. The monoisotopic (exact) mass is 341 g/mol. The van der Waals surface area contributed by atoms with Gasteiger partial charge in [0.25, 0.3) is 5.56 Å². The maximum atomic E-state index is 12.5. The molecule has 0 unspecified atom stereocenters. The van der Waals surface area contributed by atoms with Crippen molar-refractivity contribution in [2.75, 3.05) is 31.3 Å². The summed E-state index contributed by atoms with van der Waals surface area (Å²) in [6.45, 7) is 0.970. The number of ether oxygens (including phenoxy) is 1. The number of phenols is 1. The Bertz CT molecular complexity index is 984. The molecule has 0 aliphatic rings. The maximum absolute atomic E-state index is 12.5. The van der Waals surface area contributed by atoms with Gasteiger partial charge in [0.05, 0.1) is 29.8 Å². The Morgan fingerprint density at radius 1 is 1.36 bits per heavy atom. The first-order valence-corrected chi connectivity index (χ1v) is 7.69. The Morgan fingerprint density at radius 3 is 2.88 bits per heavy atom. The summed E-state index contributed by atoms with van der Waals surface area (Å²) in [6.07, 6.45) is 1.47. The standard InChI is InChI=1S/C17H19N5O3/c1-22-9-20-13-8-12(10-3-4-14(23)11(18)7-10)21-16(15(13)17(22)24)19-5-6-25-2/h3-4,7-9,23H,5-6,18H2,1-2H3,(H,19,21). The molecular formula is C17H19N5O3. The lowest BCUT2D eigenvalue weighted by Crippen LogP contribution is -2.20. The summed E-state index contributed by atoms with van der Waals surface area (Å²) in [5.41, 5.74) is 7.68. The van der Waals surface area contributed by atoms with Crippen molar-refractivity contribution >= 4 is 22.4 Å². The van der Waals surface area contributed by atoms with E-state index in [0.717, 1.165) is 5.56 Å². The molecule has 4 N–H and O–H groups in total. The molecule has 8 nitrogen and oxygen atoms in total. The molecule has 0 saturated carbocycles. The fourth-order valence-corrected chi connectivity index (χ4v) is 2.48. The zero-order chi connectivity index (χ0) is 18.0. The number of phenolic OH excluding ortho intramolecular Hbond substituents is 1. The molecule has 2 heterocycles. The van der Waals surface area contributed by atoms with Crippen LogP contribution in [0.5, 0.6) is 5.75 Å². The minimum absolute atomic E-state index is 0.00924. The molecule has 0 aliphatic carbocycles. The van der Waals surface area contributed by atoms with Crippen LogP contribution in [-0.4, -0.2) is 39.9 Å². The number of methoxy groups -OCH3 is 1. The van der Waals surface area contributed by atoms with Gasteiger partial charge in [-0.3, -0.25) is 4.79 Å². The number of nitrogens with two attached hydrogens (primary N) is 1. The lowest BCUT2D eigenvalue weighted by molar-refractivity contribution is 0.210. The minimum atomic E-state index is -0.186. The molecule has 2 aromatic heterocycles. The smallest absolute Gasteiger partial charge is 0.264 e. The number of nitrogens with one attached hydrogen (secondary N) is 1. The highest BCUT2D eigenvalue weighted by molar-refractivity contribution is 5.91. The number of benzene rings is 1. The van der Waals surface area contributed by atoms with Gasteiger partial charge < -0.3 is 25.5 Å². The normalized spacial score (nSPS) is 11.0. The van der Waals surface area contributed by atoms with Crippen molar-refractivity contribution in [3.8, 4) is 17.0 Å². The summed E-state index contributed by atoms with van der Waals surface area (Å²) < 4.78 is 6.45. The molecule has 0 aliphatic heterocycles. The molecule has 3 rings (SSSR count). The van der Waals surface area contributed by atoms with E-state index in [1.807, 2.05) is 0 Å². The first-order valence-electron chi connectivity index (χ1n) is 7.69. The van der Waals surface area contributed by atoms with Crippen LogP contribution in [0, 0.1) is 0 Å². The molecule has 0 amide bonds. The highest BCUT2D eigenvalue weighted by Crippen LogP contribution is 2.29. The van der Waals surface area contributed by atoms with E-state index in [2.05, 4.69) is 15.3 Å². The van der Waals surface area contributed by atoms with E-state index in [1.54, 1.807) is 32.4 Å². The van der Waals surface area contributed by atoms with Gasteiger partial charge in [0.15, 0.2) is 0 Å². The van der Waals surface area contributed by atoms with Crippen LogP contribution in [0.2, 0.25) is 0 Å². The maximum Gasteiger partial charge on any atom is 0.264 e. The van der Waals surface area contributed by atoms with Gasteiger partial charge in [-0.15, -0.1) is 0 Å². The van der Waals surface area contributed by atoms with Crippen LogP contribution in [0.3, 0.4) is 0 Å². The third-order valence-electron chi connectivity index (χ3n) is 3.82. The summed E-state index contributed by atoms with van der Waals surface area (Å²) in [6, 6.07) is 6.57. The number of aromatic hydroxyl groups is 1. The van der Waals surface area contributed by atoms with E-state index in [-0.39, 0.29) is 17.0 Å². The van der Waals surface area contributed by atoms with Crippen molar-refractivity contribution in [2.45, 2.75) is 0 Å². The zero-order valence-corrected chi connectivity index (χ0v) is 14.0. The zero-order valence-electron chi connectivity index (χ0n) is 14.0. The summed E-state index contributed by atoms with van der Waals surface area (Å²) >= 11 is 0. The van der Waals surface area contributed by atoms with Crippen LogP contribution in [0.1, 0.15) is 0 Å². The molecule has 0 radical (unpaired) electrons. The second-order valence-corrected chi connectivity index (χ2v) is 5.60. The van der Waals surface area contributed by atoms with Gasteiger partial charge in [-0.1, -0.05) is 0 Å². The molecule has 25 heavy (non-hydrogen) atoms. The third-order valence-corrected chi connectivity index (χ3v) is 3.82. The average Bonchev–Trinajstić information content (AvgIpc) is 2.60. The van der Waals surface area contributed by atoms with Crippen molar-refractivity contribution < 1.29 is 9.84 Å². The lowest BCUT2D eigenvalue weighted by Gasteiger charge is -2.12. The van der Waals surface area contributed by atoms with Crippen molar-refractivity contribution in [1.29, 1.82) is 0 Å². The molecule has 3 aromatic rings. The largest absolute Gasteiger partial charge is 0.506 e. The van der Waals surface area contributed by atoms with Gasteiger partial charge >= 0.3 is 0 Å². The highest BCUT2D eigenvalue weighted by atomic mass is 16.5. The Morgan fingerprint density at radius 2 is 2.16 bits per heavy atom. The molecule has 130 valence electrons. The van der Waals surface area contributed by atoms with E-state index in [0.29, 0.717) is 35.6 Å². The number of hydrogen-bond donors (Lipinski definition) is 3. The number of rotatable bonds is 5. The highest BCUT2D eigenvalue weighted by Gasteiger charge is 2.13. The molecule has 0 saturated heterocycles. The summed E-state index contributed by atoms with van der Waals surface area (Å²) in [4.78, 5) is 21.4. The van der Waals surface area contributed by atoms with Crippen LogP contribution in [0.4, 0.5) is 11.5 Å².